The minimum atomic E-state index is -3.29. The average Bonchev–Trinajstić information content (AvgIpc) is 2.94. The first-order chi connectivity index (χ1) is 19.6. The molecular weight excluding hydrogens is 549 g/mol. The molecule has 4 rings (SSSR count). The summed E-state index contributed by atoms with van der Waals surface area (Å²) in [7, 11) is -3.29. The van der Waals surface area contributed by atoms with Crippen molar-refractivity contribution in [3.05, 3.63) is 106 Å². The van der Waals surface area contributed by atoms with Crippen LogP contribution >= 0.6 is 0 Å². The van der Waals surface area contributed by atoms with E-state index in [1.54, 1.807) is 36.5 Å². The molecule has 0 bridgehead atoms. The molecule has 3 N–H and O–H groups in total. The Morgan fingerprint density at radius 2 is 1.80 bits per heavy atom. The third-order valence-electron chi connectivity index (χ3n) is 6.38. The highest BCUT2D eigenvalue weighted by Gasteiger charge is 2.15. The van der Waals surface area contributed by atoms with Crippen molar-refractivity contribution in [3.8, 4) is 5.69 Å². The lowest BCUT2D eigenvalue weighted by Gasteiger charge is -2.14. The van der Waals surface area contributed by atoms with Crippen LogP contribution < -0.4 is 10.9 Å². The second kappa shape index (κ2) is 12.6. The summed E-state index contributed by atoms with van der Waals surface area (Å²) in [5, 5.41) is 16.0. The number of aromatic nitrogens is 2. The van der Waals surface area contributed by atoms with Crippen LogP contribution in [-0.4, -0.2) is 35.3 Å². The van der Waals surface area contributed by atoms with Gasteiger partial charge in [0.05, 0.1) is 21.5 Å². The quantitative estimate of drug-likeness (QED) is 0.161. The highest BCUT2D eigenvalue weighted by atomic mass is 32.2. The Balaban J connectivity index is 1.64. The van der Waals surface area contributed by atoms with Gasteiger partial charge < -0.3 is 10.4 Å². The predicted molar refractivity (Wildman–Crippen MR) is 152 cm³/mol. The number of halogens is 1. The van der Waals surface area contributed by atoms with Crippen LogP contribution in [0.25, 0.3) is 22.3 Å². The lowest BCUT2D eigenvalue weighted by atomic mass is 10.1. The van der Waals surface area contributed by atoms with Crippen molar-refractivity contribution < 1.29 is 22.7 Å². The molecule has 0 amide bonds. The van der Waals surface area contributed by atoms with Gasteiger partial charge in [-0.05, 0) is 66.9 Å². The number of benzene rings is 3. The molecule has 41 heavy (non-hydrogen) atoms. The van der Waals surface area contributed by atoms with Crippen LogP contribution in [0.2, 0.25) is 0 Å². The van der Waals surface area contributed by atoms with Crippen LogP contribution in [0, 0.1) is 11.3 Å². The molecule has 4 aromatic rings. The SMILES string of the molecule is CS(=O)(=O)c1ccc(CN/C=C(\N=N)c2ccc3c(=O)n(-c4ccc(F)cc4)c(CCCCC(=O)O)nc3c2)cc1. The number of fused-ring (bicyclic) bond motifs is 1. The van der Waals surface area contributed by atoms with Crippen molar-refractivity contribution in [3.63, 3.8) is 0 Å². The number of unbranched alkanes of at least 4 members (excludes halogenated alkanes) is 1. The number of nitrogens with one attached hydrogen (secondary N) is 2. The fraction of sp³-hybridized carbons (Fsp3) is 0.207. The second-order valence-electron chi connectivity index (χ2n) is 9.42. The van der Waals surface area contributed by atoms with Gasteiger partial charge in [0, 0.05) is 37.4 Å². The fourth-order valence-electron chi connectivity index (χ4n) is 4.27. The van der Waals surface area contributed by atoms with Crippen molar-refractivity contribution in [2.45, 2.75) is 37.1 Å². The van der Waals surface area contributed by atoms with E-state index in [0.29, 0.717) is 53.8 Å². The maximum absolute atomic E-state index is 13.6. The minimum Gasteiger partial charge on any atom is -0.481 e. The first-order valence-electron chi connectivity index (χ1n) is 12.7. The molecule has 10 nitrogen and oxygen atoms in total. The Kier molecular flexibility index (Phi) is 9.03. The number of hydrogen-bond acceptors (Lipinski definition) is 8. The summed E-state index contributed by atoms with van der Waals surface area (Å²) in [4.78, 5) is 29.4. The number of aliphatic carboxylic acids is 1. The Morgan fingerprint density at radius 3 is 2.44 bits per heavy atom. The molecule has 0 aliphatic heterocycles. The van der Waals surface area contributed by atoms with E-state index in [1.165, 1.54) is 41.0 Å². The van der Waals surface area contributed by atoms with Gasteiger partial charge in [0.25, 0.3) is 5.56 Å². The van der Waals surface area contributed by atoms with Crippen LogP contribution in [0.4, 0.5) is 4.39 Å². The molecule has 0 unspecified atom stereocenters. The van der Waals surface area contributed by atoms with E-state index >= 15 is 0 Å². The topological polar surface area (TPSA) is 155 Å². The summed E-state index contributed by atoms with van der Waals surface area (Å²) in [5.74, 6) is -0.947. The van der Waals surface area contributed by atoms with Gasteiger partial charge in [0.1, 0.15) is 17.3 Å². The van der Waals surface area contributed by atoms with Gasteiger partial charge in [0.15, 0.2) is 9.84 Å². The van der Waals surface area contributed by atoms with Gasteiger partial charge in [-0.15, -0.1) is 0 Å². The molecule has 0 fully saturated rings. The van der Waals surface area contributed by atoms with E-state index in [0.717, 1.165) is 11.8 Å². The van der Waals surface area contributed by atoms with Crippen LogP contribution in [0.1, 0.15) is 36.2 Å². The zero-order chi connectivity index (χ0) is 29.6. The summed E-state index contributed by atoms with van der Waals surface area (Å²) >= 11 is 0. The molecule has 12 heteroatoms. The predicted octanol–water partition coefficient (Wildman–Crippen LogP) is 4.84. The number of aryl methyl sites for hydroxylation is 1. The lowest BCUT2D eigenvalue weighted by Crippen LogP contribution is -2.24. The highest BCUT2D eigenvalue weighted by Crippen LogP contribution is 2.22. The van der Waals surface area contributed by atoms with Gasteiger partial charge in [-0.3, -0.25) is 14.2 Å². The highest BCUT2D eigenvalue weighted by molar-refractivity contribution is 7.90. The summed E-state index contributed by atoms with van der Waals surface area (Å²) in [6, 6.07) is 16.8. The van der Waals surface area contributed by atoms with E-state index in [4.69, 9.17) is 15.6 Å². The van der Waals surface area contributed by atoms with Crippen LogP contribution in [-0.2, 0) is 27.6 Å². The molecule has 0 atom stereocenters. The van der Waals surface area contributed by atoms with Gasteiger partial charge in [-0.2, -0.15) is 5.11 Å². The van der Waals surface area contributed by atoms with Crippen LogP contribution in [0.15, 0.2) is 87.7 Å². The molecule has 0 saturated heterocycles. The molecule has 212 valence electrons. The zero-order valence-electron chi connectivity index (χ0n) is 22.2. The molecular formula is C29H28FN5O5S. The van der Waals surface area contributed by atoms with E-state index < -0.39 is 21.6 Å². The summed E-state index contributed by atoms with van der Waals surface area (Å²) in [5.41, 5.74) is 9.78. The van der Waals surface area contributed by atoms with E-state index in [1.807, 2.05) is 0 Å². The van der Waals surface area contributed by atoms with Crippen LogP contribution in [0.3, 0.4) is 0 Å². The number of carboxylic acids is 1. The van der Waals surface area contributed by atoms with Crippen molar-refractivity contribution in [1.82, 2.24) is 14.9 Å². The lowest BCUT2D eigenvalue weighted by molar-refractivity contribution is -0.137. The smallest absolute Gasteiger partial charge is 0.303 e. The molecule has 0 radical (unpaired) electrons. The number of carbonyl (C=O) groups is 1. The van der Waals surface area contributed by atoms with E-state index in [9.17, 15) is 22.4 Å². The Labute approximate surface area is 235 Å². The molecule has 0 spiro atoms. The number of nitrogens with zero attached hydrogens (tertiary/aromatic N) is 3. The standard InChI is InChI=1S/C29H28FN5O5S/c1-41(39,40)23-13-6-19(7-14-23)17-32-18-26(34-31)20-8-15-24-25(16-20)33-27(4-2-3-5-28(36)37)35(29(24)38)22-11-9-21(30)10-12-22/h6-16,18,31-32H,2-5,17H2,1H3,(H,36,37)/b26-18-,34-31?. The molecule has 0 saturated carbocycles. The minimum absolute atomic E-state index is 0.00742. The largest absolute Gasteiger partial charge is 0.481 e. The summed E-state index contributed by atoms with van der Waals surface area (Å²) in [6.07, 6.45) is 3.89. The van der Waals surface area contributed by atoms with Gasteiger partial charge in [0.2, 0.25) is 0 Å². The second-order valence-corrected chi connectivity index (χ2v) is 11.4. The molecule has 1 heterocycles. The Morgan fingerprint density at radius 1 is 1.10 bits per heavy atom. The number of hydrogen-bond donors (Lipinski definition) is 3. The number of rotatable bonds is 12. The van der Waals surface area contributed by atoms with Crippen LogP contribution in [0.5, 0.6) is 0 Å². The number of sulfone groups is 1. The molecule has 0 aliphatic carbocycles. The van der Waals surface area contributed by atoms with Gasteiger partial charge >= 0.3 is 5.97 Å². The van der Waals surface area contributed by atoms with E-state index in [-0.39, 0.29) is 22.6 Å². The van der Waals surface area contributed by atoms with Crippen molar-refractivity contribution in [2.75, 3.05) is 6.26 Å². The molecule has 1 aromatic heterocycles. The monoisotopic (exact) mass is 577 g/mol. The number of carboxylic acid groups (broad SMARTS) is 1. The van der Waals surface area contributed by atoms with Crippen molar-refractivity contribution >= 4 is 32.4 Å². The molecule has 3 aromatic carbocycles. The van der Waals surface area contributed by atoms with Gasteiger partial charge in [-0.1, -0.05) is 18.2 Å². The van der Waals surface area contributed by atoms with Gasteiger partial charge in [-0.25, -0.2) is 23.3 Å². The first-order valence-corrected chi connectivity index (χ1v) is 14.6. The summed E-state index contributed by atoms with van der Waals surface area (Å²) in [6.45, 7) is 0.359. The van der Waals surface area contributed by atoms with Crippen molar-refractivity contribution in [1.29, 1.82) is 5.53 Å². The summed E-state index contributed by atoms with van der Waals surface area (Å²) < 4.78 is 38.3. The Hall–Kier alpha value is -4.71. The fourth-order valence-corrected chi connectivity index (χ4v) is 4.91. The normalized spacial score (nSPS) is 11.9. The van der Waals surface area contributed by atoms with E-state index in [2.05, 4.69) is 10.4 Å². The average molecular weight is 578 g/mol. The molecule has 0 aliphatic rings. The first kappa shape index (κ1) is 29.3. The third-order valence-corrected chi connectivity index (χ3v) is 7.51. The third kappa shape index (κ3) is 7.28. The zero-order valence-corrected chi connectivity index (χ0v) is 23.0. The maximum Gasteiger partial charge on any atom is 0.303 e. The maximum atomic E-state index is 13.6. The Bertz CT molecular complexity index is 1780. The van der Waals surface area contributed by atoms with Crippen molar-refractivity contribution in [2.24, 2.45) is 5.11 Å².